The number of benzene rings is 1. The first-order valence-electron chi connectivity index (χ1n) is 9.60. The molecule has 1 aromatic carbocycles. The molecule has 156 valence electrons. The summed E-state index contributed by atoms with van der Waals surface area (Å²) in [5.74, 6) is -0.436. The van der Waals surface area contributed by atoms with Gasteiger partial charge in [-0.05, 0) is 43.5 Å². The number of rotatable bonds is 5. The molecule has 1 aliphatic heterocycles. The third kappa shape index (κ3) is 3.87. The van der Waals surface area contributed by atoms with E-state index < -0.39 is 23.5 Å². The Morgan fingerprint density at radius 1 is 1.38 bits per heavy atom. The minimum atomic E-state index is -1.88. The van der Waals surface area contributed by atoms with Crippen molar-refractivity contribution in [3.8, 4) is 11.5 Å². The molecule has 2 atom stereocenters. The number of ether oxygens (including phenoxy) is 3. The molecule has 0 aromatic heterocycles. The molecule has 0 saturated carbocycles. The fourth-order valence-corrected chi connectivity index (χ4v) is 3.68. The molecular formula is C22H26O7. The lowest BCUT2D eigenvalue weighted by Crippen LogP contribution is -2.53. The van der Waals surface area contributed by atoms with Gasteiger partial charge in [0.1, 0.15) is 29.8 Å². The normalized spacial score (nSPS) is 23.8. The maximum Gasteiger partial charge on any atom is 0.342 e. The van der Waals surface area contributed by atoms with E-state index in [4.69, 9.17) is 14.2 Å². The standard InChI is InChI=1S/C22H26O7/c1-5-6-14-8-13-9-18(22(3,26)20(24)16(13)11-28-14)29-21(25)19-12(2)7-15(27-4)10-17(19)23/h7-8,10,18,23,26H,5-6,9,11H2,1-4H3/t18-,22+/m0/s1. The minimum Gasteiger partial charge on any atom is -0.507 e. The van der Waals surface area contributed by atoms with E-state index in [0.29, 0.717) is 22.5 Å². The van der Waals surface area contributed by atoms with Gasteiger partial charge in [0.05, 0.1) is 12.9 Å². The number of esters is 1. The lowest BCUT2D eigenvalue weighted by molar-refractivity contribution is -0.146. The van der Waals surface area contributed by atoms with E-state index in [1.807, 2.05) is 6.92 Å². The summed E-state index contributed by atoms with van der Waals surface area (Å²) in [6.45, 7) is 5.11. The topological polar surface area (TPSA) is 102 Å². The van der Waals surface area contributed by atoms with Crippen molar-refractivity contribution in [3.05, 3.63) is 46.2 Å². The molecule has 1 heterocycles. The Hall–Kier alpha value is -2.80. The van der Waals surface area contributed by atoms with Crippen molar-refractivity contribution in [2.45, 2.75) is 51.7 Å². The van der Waals surface area contributed by atoms with Gasteiger partial charge in [-0.25, -0.2) is 4.79 Å². The van der Waals surface area contributed by atoms with Gasteiger partial charge in [-0.2, -0.15) is 0 Å². The number of Topliss-reactive ketones (excluding diaryl/α,β-unsaturated/α-hetero) is 1. The number of carbonyl (C=O) groups excluding carboxylic acids is 2. The number of phenols is 1. The van der Waals surface area contributed by atoms with Crippen LogP contribution in [-0.4, -0.2) is 47.4 Å². The van der Waals surface area contributed by atoms with E-state index in [9.17, 15) is 19.8 Å². The summed E-state index contributed by atoms with van der Waals surface area (Å²) in [4.78, 5) is 25.6. The molecule has 1 aromatic rings. The Labute approximate surface area is 169 Å². The number of aryl methyl sites for hydroxylation is 1. The summed E-state index contributed by atoms with van der Waals surface area (Å²) in [6.07, 6.45) is 2.54. The monoisotopic (exact) mass is 402 g/mol. The molecule has 0 radical (unpaired) electrons. The molecule has 7 nitrogen and oxygen atoms in total. The zero-order valence-electron chi connectivity index (χ0n) is 17.1. The first-order valence-corrected chi connectivity index (χ1v) is 9.60. The molecule has 29 heavy (non-hydrogen) atoms. The molecular weight excluding hydrogens is 376 g/mol. The second-order valence-electron chi connectivity index (χ2n) is 7.57. The number of methoxy groups -OCH3 is 1. The van der Waals surface area contributed by atoms with Gasteiger partial charge in [0, 0.05) is 24.5 Å². The van der Waals surface area contributed by atoms with Crippen LogP contribution in [0.2, 0.25) is 0 Å². The van der Waals surface area contributed by atoms with Crippen LogP contribution in [0, 0.1) is 6.92 Å². The van der Waals surface area contributed by atoms with Crippen molar-refractivity contribution in [2.24, 2.45) is 0 Å². The van der Waals surface area contributed by atoms with Crippen molar-refractivity contribution in [2.75, 3.05) is 13.7 Å². The van der Waals surface area contributed by atoms with Gasteiger partial charge in [-0.3, -0.25) is 4.79 Å². The second-order valence-corrected chi connectivity index (χ2v) is 7.57. The van der Waals surface area contributed by atoms with Gasteiger partial charge in [-0.1, -0.05) is 6.92 Å². The summed E-state index contributed by atoms with van der Waals surface area (Å²) in [5.41, 5.74) is -0.327. The molecule has 2 N–H and O–H groups in total. The first kappa shape index (κ1) is 20.9. The van der Waals surface area contributed by atoms with Crippen LogP contribution in [0.15, 0.2) is 35.1 Å². The van der Waals surface area contributed by atoms with E-state index in [-0.39, 0.29) is 24.3 Å². The molecule has 7 heteroatoms. The van der Waals surface area contributed by atoms with Crippen LogP contribution in [0.25, 0.3) is 0 Å². The largest absolute Gasteiger partial charge is 0.507 e. The first-order chi connectivity index (χ1) is 13.7. The quantitative estimate of drug-likeness (QED) is 0.730. The van der Waals surface area contributed by atoms with Gasteiger partial charge in [0.25, 0.3) is 0 Å². The van der Waals surface area contributed by atoms with Gasteiger partial charge >= 0.3 is 5.97 Å². The number of carbonyl (C=O) groups is 2. The number of ketones is 1. The molecule has 2 aliphatic rings. The fraction of sp³-hybridized carbons (Fsp3) is 0.455. The van der Waals surface area contributed by atoms with Crippen molar-refractivity contribution >= 4 is 11.8 Å². The Bertz CT molecular complexity index is 885. The number of aromatic hydroxyl groups is 1. The van der Waals surface area contributed by atoms with Crippen LogP contribution in [0.5, 0.6) is 11.5 Å². The number of hydrogen-bond donors (Lipinski definition) is 2. The average molecular weight is 402 g/mol. The van der Waals surface area contributed by atoms with Crippen LogP contribution in [0.4, 0.5) is 0 Å². The summed E-state index contributed by atoms with van der Waals surface area (Å²) >= 11 is 0. The van der Waals surface area contributed by atoms with Crippen LogP contribution < -0.4 is 4.74 Å². The highest BCUT2D eigenvalue weighted by Crippen LogP contribution is 2.37. The molecule has 3 rings (SSSR count). The minimum absolute atomic E-state index is 0.0250. The molecule has 0 amide bonds. The van der Waals surface area contributed by atoms with Crippen LogP contribution in [0.1, 0.15) is 49.0 Å². The maximum absolute atomic E-state index is 12.8. The van der Waals surface area contributed by atoms with Gasteiger partial charge in [-0.15, -0.1) is 0 Å². The lowest BCUT2D eigenvalue weighted by Gasteiger charge is -2.38. The average Bonchev–Trinajstić information content (AvgIpc) is 2.65. The van der Waals surface area contributed by atoms with E-state index >= 15 is 0 Å². The predicted octanol–water partition coefficient (Wildman–Crippen LogP) is 2.97. The number of phenolic OH excluding ortho intramolecular Hbond substituents is 1. The Morgan fingerprint density at radius 3 is 2.72 bits per heavy atom. The summed E-state index contributed by atoms with van der Waals surface area (Å²) in [5, 5.41) is 21.0. The smallest absolute Gasteiger partial charge is 0.342 e. The zero-order chi connectivity index (χ0) is 21.3. The fourth-order valence-electron chi connectivity index (χ4n) is 3.68. The Kier molecular flexibility index (Phi) is 5.71. The van der Waals surface area contributed by atoms with Crippen molar-refractivity contribution < 1.29 is 34.0 Å². The summed E-state index contributed by atoms with van der Waals surface area (Å²) < 4.78 is 16.2. The van der Waals surface area contributed by atoms with E-state index in [1.54, 1.807) is 19.1 Å². The highest BCUT2D eigenvalue weighted by atomic mass is 16.6. The molecule has 0 saturated heterocycles. The predicted molar refractivity (Wildman–Crippen MR) is 105 cm³/mol. The van der Waals surface area contributed by atoms with Gasteiger partial charge in [0.2, 0.25) is 0 Å². The van der Waals surface area contributed by atoms with Gasteiger partial charge in [0.15, 0.2) is 11.4 Å². The second kappa shape index (κ2) is 7.91. The van der Waals surface area contributed by atoms with Crippen molar-refractivity contribution in [1.82, 2.24) is 0 Å². The van der Waals surface area contributed by atoms with Crippen LogP contribution in [0.3, 0.4) is 0 Å². The zero-order valence-corrected chi connectivity index (χ0v) is 17.1. The summed E-state index contributed by atoms with van der Waals surface area (Å²) in [6, 6.07) is 2.91. The van der Waals surface area contributed by atoms with Crippen LogP contribution in [-0.2, 0) is 14.3 Å². The number of hydrogen-bond acceptors (Lipinski definition) is 7. The number of allylic oxidation sites excluding steroid dienone is 2. The lowest BCUT2D eigenvalue weighted by atomic mass is 9.77. The Morgan fingerprint density at radius 2 is 2.10 bits per heavy atom. The van der Waals surface area contributed by atoms with Crippen LogP contribution >= 0.6 is 0 Å². The summed E-state index contributed by atoms with van der Waals surface area (Å²) in [7, 11) is 1.45. The van der Waals surface area contributed by atoms with Gasteiger partial charge < -0.3 is 24.4 Å². The highest BCUT2D eigenvalue weighted by Gasteiger charge is 2.48. The van der Waals surface area contributed by atoms with E-state index in [1.165, 1.54) is 20.1 Å². The third-order valence-electron chi connectivity index (χ3n) is 5.36. The van der Waals surface area contributed by atoms with Crippen molar-refractivity contribution in [3.63, 3.8) is 0 Å². The van der Waals surface area contributed by atoms with E-state index in [0.717, 1.165) is 18.6 Å². The SMILES string of the molecule is CCCC1=CC2=C(CO1)C(=O)[C@](C)(O)[C@@H](OC(=O)c1c(C)cc(OC)cc1O)C2. The number of aliphatic hydroxyl groups is 1. The van der Waals surface area contributed by atoms with E-state index in [2.05, 4.69) is 0 Å². The maximum atomic E-state index is 12.8. The Balaban J connectivity index is 1.89. The van der Waals surface area contributed by atoms with Crippen molar-refractivity contribution in [1.29, 1.82) is 0 Å². The molecule has 0 spiro atoms. The molecule has 0 fully saturated rings. The highest BCUT2D eigenvalue weighted by molar-refractivity contribution is 6.05. The molecule has 1 aliphatic carbocycles. The third-order valence-corrected chi connectivity index (χ3v) is 5.36. The molecule has 0 bridgehead atoms. The molecule has 0 unspecified atom stereocenters.